The number of hydrogen-bond acceptors (Lipinski definition) is 2. The normalized spacial score (nSPS) is 36.1. The molecule has 0 saturated heterocycles. The summed E-state index contributed by atoms with van der Waals surface area (Å²) in [5.41, 5.74) is -0.166. The van der Waals surface area contributed by atoms with E-state index in [0.717, 1.165) is 12.3 Å². The molecule has 2 bridgehead atoms. The van der Waals surface area contributed by atoms with Gasteiger partial charge in [-0.1, -0.05) is 0 Å². The van der Waals surface area contributed by atoms with Gasteiger partial charge in [0.2, 0.25) is 11.8 Å². The third-order valence-corrected chi connectivity index (χ3v) is 4.05. The molecule has 4 heteroatoms. The minimum atomic E-state index is -0.166. The van der Waals surface area contributed by atoms with Gasteiger partial charge in [0, 0.05) is 20.4 Å². The third kappa shape index (κ3) is 2.06. The van der Waals surface area contributed by atoms with Crippen molar-refractivity contribution < 1.29 is 9.59 Å². The number of carbonyl (C=O) groups is 2. The van der Waals surface area contributed by atoms with E-state index in [1.54, 1.807) is 6.92 Å². The first kappa shape index (κ1) is 11.4. The van der Waals surface area contributed by atoms with Crippen molar-refractivity contribution >= 4 is 11.8 Å². The summed E-state index contributed by atoms with van der Waals surface area (Å²) in [6.45, 7) is 3.67. The minimum Gasteiger partial charge on any atom is -0.354 e. The topological polar surface area (TPSA) is 58.2 Å². The van der Waals surface area contributed by atoms with Gasteiger partial charge in [-0.3, -0.25) is 9.59 Å². The maximum Gasteiger partial charge on any atom is 0.217 e. The molecular formula is C12H20N2O2. The Hall–Kier alpha value is -1.06. The predicted molar refractivity (Wildman–Crippen MR) is 60.7 cm³/mol. The predicted octanol–water partition coefficient (Wildman–Crippen LogP) is 0.817. The van der Waals surface area contributed by atoms with Crippen molar-refractivity contribution in [1.82, 2.24) is 10.6 Å². The van der Waals surface area contributed by atoms with E-state index in [9.17, 15) is 9.59 Å². The fourth-order valence-electron chi connectivity index (χ4n) is 3.49. The average molecular weight is 224 g/mol. The molecule has 0 spiro atoms. The minimum absolute atomic E-state index is 0.0119. The fourth-order valence-corrected chi connectivity index (χ4v) is 3.49. The molecule has 90 valence electrons. The highest BCUT2D eigenvalue weighted by Gasteiger charge is 2.51. The first-order valence-corrected chi connectivity index (χ1v) is 6.05. The van der Waals surface area contributed by atoms with Crippen molar-refractivity contribution in [2.24, 2.45) is 11.8 Å². The lowest BCUT2D eigenvalue weighted by molar-refractivity contribution is -0.123. The molecule has 0 heterocycles. The van der Waals surface area contributed by atoms with E-state index in [-0.39, 0.29) is 17.4 Å². The van der Waals surface area contributed by atoms with Crippen LogP contribution in [0, 0.1) is 11.8 Å². The maximum atomic E-state index is 11.3. The second-order valence-corrected chi connectivity index (χ2v) is 5.33. The van der Waals surface area contributed by atoms with Crippen molar-refractivity contribution in [3.05, 3.63) is 0 Å². The van der Waals surface area contributed by atoms with Crippen molar-refractivity contribution in [1.29, 1.82) is 0 Å². The van der Waals surface area contributed by atoms with Gasteiger partial charge in [-0.15, -0.1) is 0 Å². The second kappa shape index (κ2) is 4.07. The molecule has 0 radical (unpaired) electrons. The maximum absolute atomic E-state index is 11.3. The van der Waals surface area contributed by atoms with Crippen LogP contribution >= 0.6 is 0 Å². The molecule has 0 aromatic carbocycles. The summed E-state index contributed by atoms with van der Waals surface area (Å²) in [5, 5.41) is 5.95. The Kier molecular flexibility index (Phi) is 2.91. The molecule has 2 amide bonds. The summed E-state index contributed by atoms with van der Waals surface area (Å²) in [4.78, 5) is 22.3. The molecular weight excluding hydrogens is 204 g/mol. The smallest absolute Gasteiger partial charge is 0.217 e. The average Bonchev–Trinajstić information content (AvgIpc) is 2.73. The Labute approximate surface area is 96.2 Å². The van der Waals surface area contributed by atoms with Crippen LogP contribution in [0.4, 0.5) is 0 Å². The zero-order chi connectivity index (χ0) is 11.8. The number of hydrogen-bond donors (Lipinski definition) is 2. The van der Waals surface area contributed by atoms with Gasteiger partial charge in [0.15, 0.2) is 0 Å². The van der Waals surface area contributed by atoms with Crippen LogP contribution in [-0.2, 0) is 9.59 Å². The number of amides is 2. The van der Waals surface area contributed by atoms with Crippen molar-refractivity contribution in [3.8, 4) is 0 Å². The standard InChI is InChI=1S/C12H20N2O2/c1-8(15)13-7-12(14-9(2)16)6-10-3-4-11(12)5-10/h10-11H,3-7H2,1-2H3,(H,13,15)(H,14,16). The van der Waals surface area contributed by atoms with Gasteiger partial charge < -0.3 is 10.6 Å². The van der Waals surface area contributed by atoms with E-state index in [1.165, 1.54) is 26.2 Å². The zero-order valence-electron chi connectivity index (χ0n) is 10.0. The first-order chi connectivity index (χ1) is 7.52. The van der Waals surface area contributed by atoms with Gasteiger partial charge in [0.1, 0.15) is 0 Å². The zero-order valence-corrected chi connectivity index (χ0v) is 10.0. The summed E-state index contributed by atoms with van der Waals surface area (Å²) in [5.74, 6) is 1.28. The molecule has 0 aromatic heterocycles. The van der Waals surface area contributed by atoms with Crippen molar-refractivity contribution in [2.75, 3.05) is 6.54 Å². The van der Waals surface area contributed by atoms with E-state index >= 15 is 0 Å². The molecule has 2 fully saturated rings. The van der Waals surface area contributed by atoms with Gasteiger partial charge >= 0.3 is 0 Å². The molecule has 16 heavy (non-hydrogen) atoms. The molecule has 2 saturated carbocycles. The number of carbonyl (C=O) groups excluding carboxylic acids is 2. The molecule has 2 N–H and O–H groups in total. The lowest BCUT2D eigenvalue weighted by Crippen LogP contribution is -2.58. The summed E-state index contributed by atoms with van der Waals surface area (Å²) in [7, 11) is 0. The summed E-state index contributed by atoms with van der Waals surface area (Å²) in [6, 6.07) is 0. The number of rotatable bonds is 3. The van der Waals surface area contributed by atoms with Crippen LogP contribution in [0.2, 0.25) is 0 Å². The van der Waals surface area contributed by atoms with Gasteiger partial charge in [0.05, 0.1) is 5.54 Å². The summed E-state index contributed by atoms with van der Waals surface area (Å²) in [6.07, 6.45) is 4.70. The van der Waals surface area contributed by atoms with Gasteiger partial charge in [0.25, 0.3) is 0 Å². The second-order valence-electron chi connectivity index (χ2n) is 5.33. The molecule has 2 aliphatic carbocycles. The van der Waals surface area contributed by atoms with Gasteiger partial charge in [-0.25, -0.2) is 0 Å². The molecule has 3 unspecified atom stereocenters. The molecule has 0 aromatic rings. The highest BCUT2D eigenvalue weighted by atomic mass is 16.2. The molecule has 2 aliphatic rings. The quantitative estimate of drug-likeness (QED) is 0.745. The van der Waals surface area contributed by atoms with Crippen molar-refractivity contribution in [2.45, 2.75) is 45.1 Å². The highest BCUT2D eigenvalue weighted by molar-refractivity contribution is 5.75. The lowest BCUT2D eigenvalue weighted by atomic mass is 9.80. The lowest BCUT2D eigenvalue weighted by Gasteiger charge is -2.38. The van der Waals surface area contributed by atoms with Crippen LogP contribution in [0.25, 0.3) is 0 Å². The Bertz CT molecular complexity index is 316. The Balaban J connectivity index is 2.07. The van der Waals surface area contributed by atoms with Gasteiger partial charge in [-0.2, -0.15) is 0 Å². The van der Waals surface area contributed by atoms with Crippen LogP contribution in [-0.4, -0.2) is 23.9 Å². The van der Waals surface area contributed by atoms with Gasteiger partial charge in [-0.05, 0) is 37.5 Å². The largest absolute Gasteiger partial charge is 0.354 e. The van der Waals surface area contributed by atoms with E-state index in [0.29, 0.717) is 12.5 Å². The molecule has 4 nitrogen and oxygen atoms in total. The van der Waals surface area contributed by atoms with E-state index < -0.39 is 0 Å². The third-order valence-electron chi connectivity index (χ3n) is 4.05. The SMILES string of the molecule is CC(=O)NCC1(NC(C)=O)CC2CCC1C2. The molecule has 3 atom stereocenters. The monoisotopic (exact) mass is 224 g/mol. The number of nitrogens with one attached hydrogen (secondary N) is 2. The Morgan fingerprint density at radius 2 is 2.00 bits per heavy atom. The number of fused-ring (bicyclic) bond motifs is 2. The Morgan fingerprint density at radius 1 is 1.25 bits per heavy atom. The van der Waals surface area contributed by atoms with Crippen LogP contribution in [0.5, 0.6) is 0 Å². The Morgan fingerprint density at radius 3 is 2.44 bits per heavy atom. The van der Waals surface area contributed by atoms with Crippen LogP contribution in [0.15, 0.2) is 0 Å². The summed E-state index contributed by atoms with van der Waals surface area (Å²) < 4.78 is 0. The van der Waals surface area contributed by atoms with Crippen molar-refractivity contribution in [3.63, 3.8) is 0 Å². The summed E-state index contributed by atoms with van der Waals surface area (Å²) >= 11 is 0. The van der Waals surface area contributed by atoms with E-state index in [1.807, 2.05) is 0 Å². The molecule has 2 rings (SSSR count). The molecule has 0 aliphatic heterocycles. The van der Waals surface area contributed by atoms with E-state index in [4.69, 9.17) is 0 Å². The highest BCUT2D eigenvalue weighted by Crippen LogP contribution is 2.50. The van der Waals surface area contributed by atoms with E-state index in [2.05, 4.69) is 10.6 Å². The fraction of sp³-hybridized carbons (Fsp3) is 0.833. The first-order valence-electron chi connectivity index (χ1n) is 6.05. The van der Waals surface area contributed by atoms with Crippen LogP contribution in [0.3, 0.4) is 0 Å². The van der Waals surface area contributed by atoms with Crippen LogP contribution in [0.1, 0.15) is 39.5 Å². The van der Waals surface area contributed by atoms with Crippen LogP contribution < -0.4 is 10.6 Å².